The van der Waals surface area contributed by atoms with Gasteiger partial charge in [-0.2, -0.15) is 0 Å². The molecule has 0 aromatic rings. The standard InChI is InChI=1S/C13H17NO2/c1-13(2,3)10-4-5-11-7-9-16-12(15)14(11)8-6-10/h4-6,8H,7,9H2,1-3H3. The summed E-state index contributed by atoms with van der Waals surface area (Å²) in [6, 6.07) is 0. The summed E-state index contributed by atoms with van der Waals surface area (Å²) in [5.41, 5.74) is 2.31. The van der Waals surface area contributed by atoms with E-state index in [1.807, 2.05) is 12.2 Å². The average Bonchev–Trinajstić information content (AvgIpc) is 2.40. The van der Waals surface area contributed by atoms with E-state index in [1.165, 1.54) is 5.57 Å². The Morgan fingerprint density at radius 2 is 2.06 bits per heavy atom. The second-order valence-electron chi connectivity index (χ2n) is 5.08. The zero-order valence-electron chi connectivity index (χ0n) is 9.99. The molecule has 0 saturated carbocycles. The van der Waals surface area contributed by atoms with Crippen molar-refractivity contribution < 1.29 is 9.53 Å². The first-order chi connectivity index (χ1) is 7.48. The van der Waals surface area contributed by atoms with E-state index in [0.29, 0.717) is 6.61 Å². The van der Waals surface area contributed by atoms with Crippen molar-refractivity contribution in [1.82, 2.24) is 4.90 Å². The lowest BCUT2D eigenvalue weighted by atomic mass is 9.86. The molecular weight excluding hydrogens is 202 g/mol. The highest BCUT2D eigenvalue weighted by Crippen LogP contribution is 2.30. The number of hydrogen-bond acceptors (Lipinski definition) is 2. The summed E-state index contributed by atoms with van der Waals surface area (Å²) in [7, 11) is 0. The van der Waals surface area contributed by atoms with Gasteiger partial charge in [-0.15, -0.1) is 0 Å². The van der Waals surface area contributed by atoms with Crippen LogP contribution in [0.2, 0.25) is 0 Å². The minimum Gasteiger partial charge on any atom is -0.449 e. The van der Waals surface area contributed by atoms with Crippen molar-refractivity contribution in [3.8, 4) is 0 Å². The lowest BCUT2D eigenvalue weighted by molar-refractivity contribution is 0.106. The molecule has 86 valence electrons. The second-order valence-corrected chi connectivity index (χ2v) is 5.08. The molecule has 1 fully saturated rings. The molecule has 2 aliphatic rings. The van der Waals surface area contributed by atoms with Gasteiger partial charge in [0.25, 0.3) is 0 Å². The molecule has 0 spiro atoms. The Morgan fingerprint density at radius 1 is 1.31 bits per heavy atom. The predicted molar refractivity (Wildman–Crippen MR) is 62.6 cm³/mol. The van der Waals surface area contributed by atoms with E-state index in [9.17, 15) is 4.79 Å². The SMILES string of the molecule is CC(C)(C)C1=CC=C2CCOC(=O)N2C=C1. The quantitative estimate of drug-likeness (QED) is 0.626. The number of carbonyl (C=O) groups excluding carboxylic acids is 1. The Hall–Kier alpha value is -1.51. The lowest BCUT2D eigenvalue weighted by Gasteiger charge is -2.25. The summed E-state index contributed by atoms with van der Waals surface area (Å²) in [4.78, 5) is 13.1. The van der Waals surface area contributed by atoms with Gasteiger partial charge in [0, 0.05) is 18.3 Å². The highest BCUT2D eigenvalue weighted by molar-refractivity contribution is 5.73. The number of cyclic esters (lactones) is 1. The fraction of sp³-hybridized carbons (Fsp3) is 0.462. The van der Waals surface area contributed by atoms with Crippen molar-refractivity contribution in [1.29, 1.82) is 0 Å². The topological polar surface area (TPSA) is 29.5 Å². The van der Waals surface area contributed by atoms with Gasteiger partial charge in [-0.3, -0.25) is 4.90 Å². The Balaban J connectivity index is 2.33. The number of nitrogens with zero attached hydrogens (tertiary/aromatic N) is 1. The molecule has 0 unspecified atom stereocenters. The van der Waals surface area contributed by atoms with Gasteiger partial charge in [0.1, 0.15) is 0 Å². The van der Waals surface area contributed by atoms with Gasteiger partial charge in [0.05, 0.1) is 6.61 Å². The summed E-state index contributed by atoms with van der Waals surface area (Å²) >= 11 is 0. The van der Waals surface area contributed by atoms with Gasteiger partial charge < -0.3 is 4.74 Å². The number of fused-ring (bicyclic) bond motifs is 1. The molecule has 0 bridgehead atoms. The molecule has 0 N–H and O–H groups in total. The van der Waals surface area contributed by atoms with Gasteiger partial charge in [-0.1, -0.05) is 26.8 Å². The Labute approximate surface area is 96.1 Å². The fourth-order valence-electron chi connectivity index (χ4n) is 1.77. The molecule has 2 aliphatic heterocycles. The average molecular weight is 219 g/mol. The number of carbonyl (C=O) groups is 1. The molecule has 1 amide bonds. The van der Waals surface area contributed by atoms with Crippen LogP contribution in [0.1, 0.15) is 27.2 Å². The molecule has 0 aliphatic carbocycles. The first kappa shape index (κ1) is 11.0. The largest absolute Gasteiger partial charge is 0.449 e. The van der Waals surface area contributed by atoms with Crippen LogP contribution in [-0.2, 0) is 4.74 Å². The summed E-state index contributed by atoms with van der Waals surface area (Å²) in [6.45, 7) is 6.95. The number of ether oxygens (including phenoxy) is 1. The third-order valence-electron chi connectivity index (χ3n) is 2.81. The first-order valence-electron chi connectivity index (χ1n) is 5.54. The molecule has 0 radical (unpaired) electrons. The molecular formula is C13H17NO2. The van der Waals surface area contributed by atoms with Crippen molar-refractivity contribution in [2.24, 2.45) is 5.41 Å². The Bertz CT molecular complexity index is 397. The van der Waals surface area contributed by atoms with Gasteiger partial charge in [0.2, 0.25) is 0 Å². The summed E-state index contributed by atoms with van der Waals surface area (Å²) in [6.07, 6.45) is 8.39. The van der Waals surface area contributed by atoms with Crippen molar-refractivity contribution in [2.45, 2.75) is 27.2 Å². The summed E-state index contributed by atoms with van der Waals surface area (Å²) < 4.78 is 5.00. The molecule has 0 aromatic heterocycles. The molecule has 16 heavy (non-hydrogen) atoms. The van der Waals surface area contributed by atoms with Crippen LogP contribution in [0.25, 0.3) is 0 Å². The smallest absolute Gasteiger partial charge is 0.418 e. The highest BCUT2D eigenvalue weighted by atomic mass is 16.6. The number of hydrogen-bond donors (Lipinski definition) is 0. The molecule has 2 rings (SSSR count). The molecule has 0 aromatic carbocycles. The van der Waals surface area contributed by atoms with Gasteiger partial charge in [-0.05, 0) is 23.1 Å². The molecule has 2 heterocycles. The van der Waals surface area contributed by atoms with Crippen molar-refractivity contribution >= 4 is 6.09 Å². The van der Waals surface area contributed by atoms with Crippen LogP contribution in [0.4, 0.5) is 4.79 Å². The van der Waals surface area contributed by atoms with Crippen molar-refractivity contribution in [3.63, 3.8) is 0 Å². The fourth-order valence-corrected chi connectivity index (χ4v) is 1.77. The zero-order chi connectivity index (χ0) is 11.8. The van der Waals surface area contributed by atoms with E-state index in [0.717, 1.165) is 12.1 Å². The molecule has 0 atom stereocenters. The maximum atomic E-state index is 11.5. The Kier molecular flexibility index (Phi) is 2.62. The van der Waals surface area contributed by atoms with E-state index >= 15 is 0 Å². The predicted octanol–water partition coefficient (Wildman–Crippen LogP) is 3.21. The maximum Gasteiger partial charge on any atom is 0.418 e. The Morgan fingerprint density at radius 3 is 2.75 bits per heavy atom. The van der Waals surface area contributed by atoms with E-state index < -0.39 is 0 Å². The van der Waals surface area contributed by atoms with Crippen molar-refractivity contribution in [2.75, 3.05) is 6.61 Å². The summed E-state index contributed by atoms with van der Waals surface area (Å²) in [5.74, 6) is 0. The molecule has 3 nitrogen and oxygen atoms in total. The van der Waals surface area contributed by atoms with Gasteiger partial charge in [0.15, 0.2) is 0 Å². The monoisotopic (exact) mass is 219 g/mol. The van der Waals surface area contributed by atoms with E-state index in [1.54, 1.807) is 11.1 Å². The third kappa shape index (κ3) is 2.03. The van der Waals surface area contributed by atoms with Crippen LogP contribution >= 0.6 is 0 Å². The van der Waals surface area contributed by atoms with E-state index in [2.05, 4.69) is 26.8 Å². The third-order valence-corrected chi connectivity index (χ3v) is 2.81. The second kappa shape index (κ2) is 3.81. The van der Waals surface area contributed by atoms with Gasteiger partial charge in [-0.25, -0.2) is 4.79 Å². The zero-order valence-corrected chi connectivity index (χ0v) is 9.99. The van der Waals surface area contributed by atoms with Crippen LogP contribution in [0.5, 0.6) is 0 Å². The number of rotatable bonds is 0. The maximum absolute atomic E-state index is 11.5. The summed E-state index contributed by atoms with van der Waals surface area (Å²) in [5, 5.41) is 0. The molecule has 1 saturated heterocycles. The van der Waals surface area contributed by atoms with E-state index in [4.69, 9.17) is 4.74 Å². The van der Waals surface area contributed by atoms with Crippen LogP contribution in [0.3, 0.4) is 0 Å². The van der Waals surface area contributed by atoms with Crippen LogP contribution in [0, 0.1) is 5.41 Å². The highest BCUT2D eigenvalue weighted by Gasteiger charge is 2.24. The van der Waals surface area contributed by atoms with Crippen LogP contribution in [-0.4, -0.2) is 17.6 Å². The minimum atomic E-state index is -0.280. The van der Waals surface area contributed by atoms with Gasteiger partial charge >= 0.3 is 6.09 Å². The van der Waals surface area contributed by atoms with E-state index in [-0.39, 0.29) is 11.5 Å². The number of allylic oxidation sites excluding steroid dienone is 4. The van der Waals surface area contributed by atoms with Crippen LogP contribution < -0.4 is 0 Å². The number of amides is 1. The molecule has 3 heteroatoms. The van der Waals surface area contributed by atoms with Crippen molar-refractivity contribution in [3.05, 3.63) is 35.7 Å². The van der Waals surface area contributed by atoms with Crippen LogP contribution in [0.15, 0.2) is 35.7 Å². The minimum absolute atomic E-state index is 0.0894. The lowest BCUT2D eigenvalue weighted by Crippen LogP contribution is -2.31. The normalized spacial score (nSPS) is 20.7. The first-order valence-corrected chi connectivity index (χ1v) is 5.54.